The third-order valence-corrected chi connectivity index (χ3v) is 4.28. The maximum Gasteiger partial charge on any atom is 0.213 e. The topological polar surface area (TPSA) is 59.1 Å². The zero-order chi connectivity index (χ0) is 13.0. The number of aromatic nitrogens is 1. The number of alkyl halides is 1. The van der Waals surface area contributed by atoms with Crippen LogP contribution in [0.3, 0.4) is 0 Å². The van der Waals surface area contributed by atoms with Crippen molar-refractivity contribution < 1.29 is 8.42 Å². The molecule has 4 nitrogen and oxygen atoms in total. The molecule has 0 aliphatic carbocycles. The molecule has 1 aromatic heterocycles. The van der Waals surface area contributed by atoms with Crippen LogP contribution in [0.1, 0.15) is 5.56 Å². The summed E-state index contributed by atoms with van der Waals surface area (Å²) in [5, 5.41) is 0.992. The lowest BCUT2D eigenvalue weighted by Crippen LogP contribution is -2.26. The van der Waals surface area contributed by atoms with E-state index in [0.29, 0.717) is 0 Å². The molecule has 0 amide bonds. The molecule has 0 unspecified atom stereocenters. The molecule has 1 N–H and O–H groups in total. The number of nitrogens with one attached hydrogen (secondary N) is 1. The van der Waals surface area contributed by atoms with Gasteiger partial charge in [0.2, 0.25) is 10.0 Å². The molecule has 0 saturated carbocycles. The van der Waals surface area contributed by atoms with Crippen LogP contribution in [0.15, 0.2) is 36.5 Å². The molecule has 0 fully saturated rings. The first-order valence-electron chi connectivity index (χ1n) is 5.48. The number of sulfonamides is 1. The molecule has 0 bridgehead atoms. The van der Waals surface area contributed by atoms with Gasteiger partial charge in [-0.1, -0.05) is 24.3 Å². The first-order valence-corrected chi connectivity index (χ1v) is 7.67. The summed E-state index contributed by atoms with van der Waals surface area (Å²) in [5.74, 6) is 0.00979. The van der Waals surface area contributed by atoms with E-state index >= 15 is 0 Å². The number of pyridine rings is 1. The molecule has 0 saturated heterocycles. The number of hydrogen-bond donors (Lipinski definition) is 1. The van der Waals surface area contributed by atoms with Crippen molar-refractivity contribution in [2.45, 2.75) is 6.54 Å². The molecule has 0 atom stereocenters. The SMILES string of the molecule is O=S(=O)(CCCl)NCc1cccc2cccnc12. The summed E-state index contributed by atoms with van der Waals surface area (Å²) in [6, 6.07) is 9.48. The minimum Gasteiger partial charge on any atom is -0.256 e. The van der Waals surface area contributed by atoms with Crippen LogP contribution in [0, 0.1) is 0 Å². The monoisotopic (exact) mass is 284 g/mol. The van der Waals surface area contributed by atoms with Crippen molar-refractivity contribution in [1.82, 2.24) is 9.71 Å². The summed E-state index contributed by atoms with van der Waals surface area (Å²) in [7, 11) is -3.31. The van der Waals surface area contributed by atoms with Gasteiger partial charge in [-0.2, -0.15) is 0 Å². The Morgan fingerprint density at radius 1 is 1.22 bits per heavy atom. The predicted octanol–water partition coefficient (Wildman–Crippen LogP) is 1.89. The largest absolute Gasteiger partial charge is 0.256 e. The third kappa shape index (κ3) is 3.19. The Kier molecular flexibility index (Phi) is 4.16. The van der Waals surface area contributed by atoms with E-state index in [9.17, 15) is 8.42 Å². The molecule has 6 heteroatoms. The van der Waals surface area contributed by atoms with Crippen molar-refractivity contribution in [2.24, 2.45) is 0 Å². The Morgan fingerprint density at radius 3 is 2.78 bits per heavy atom. The average molecular weight is 285 g/mol. The predicted molar refractivity (Wildman–Crippen MR) is 73.1 cm³/mol. The number of benzene rings is 1. The molecule has 96 valence electrons. The number of halogens is 1. The zero-order valence-corrected chi connectivity index (χ0v) is 11.2. The molecule has 0 spiro atoms. The van der Waals surface area contributed by atoms with Gasteiger partial charge in [0, 0.05) is 24.0 Å². The Balaban J connectivity index is 2.22. The fourth-order valence-corrected chi connectivity index (χ4v) is 3.00. The second kappa shape index (κ2) is 5.65. The molecule has 1 heterocycles. The molecule has 18 heavy (non-hydrogen) atoms. The highest BCUT2D eigenvalue weighted by Crippen LogP contribution is 2.15. The van der Waals surface area contributed by atoms with E-state index in [4.69, 9.17) is 11.6 Å². The van der Waals surface area contributed by atoms with Crippen molar-refractivity contribution in [3.05, 3.63) is 42.1 Å². The first kappa shape index (κ1) is 13.3. The van der Waals surface area contributed by atoms with Crippen molar-refractivity contribution in [3.63, 3.8) is 0 Å². The molecule has 0 aliphatic heterocycles. The summed E-state index contributed by atoms with van der Waals surface area (Å²) in [6.07, 6.45) is 1.69. The highest BCUT2D eigenvalue weighted by Gasteiger charge is 2.10. The van der Waals surface area contributed by atoms with Crippen molar-refractivity contribution in [2.75, 3.05) is 11.6 Å². The van der Waals surface area contributed by atoms with Crippen LogP contribution < -0.4 is 4.72 Å². The van der Waals surface area contributed by atoms with E-state index in [1.54, 1.807) is 6.20 Å². The van der Waals surface area contributed by atoms with Crippen molar-refractivity contribution >= 4 is 32.5 Å². The maximum absolute atomic E-state index is 11.5. The lowest BCUT2D eigenvalue weighted by atomic mass is 10.1. The molecule has 2 aromatic rings. The number of para-hydroxylation sites is 1. The molecular formula is C12H13ClN2O2S. The Morgan fingerprint density at radius 2 is 2.00 bits per heavy atom. The summed E-state index contributed by atoms with van der Waals surface area (Å²) in [4.78, 5) is 4.27. The van der Waals surface area contributed by atoms with E-state index in [0.717, 1.165) is 16.5 Å². The van der Waals surface area contributed by atoms with Gasteiger partial charge in [0.05, 0.1) is 11.3 Å². The van der Waals surface area contributed by atoms with Gasteiger partial charge in [-0.15, -0.1) is 11.6 Å². The van der Waals surface area contributed by atoms with Crippen molar-refractivity contribution in [3.8, 4) is 0 Å². The quantitative estimate of drug-likeness (QED) is 0.853. The zero-order valence-electron chi connectivity index (χ0n) is 9.64. The normalized spacial score (nSPS) is 11.8. The van der Waals surface area contributed by atoms with Crippen LogP contribution >= 0.6 is 11.6 Å². The first-order chi connectivity index (χ1) is 8.62. The van der Waals surface area contributed by atoms with Gasteiger partial charge in [0.25, 0.3) is 0 Å². The number of hydrogen-bond acceptors (Lipinski definition) is 3. The summed E-state index contributed by atoms with van der Waals surface area (Å²) >= 11 is 5.43. The van der Waals surface area contributed by atoms with Gasteiger partial charge in [-0.05, 0) is 11.6 Å². The van der Waals surface area contributed by atoms with Gasteiger partial charge in [0.1, 0.15) is 0 Å². The summed E-state index contributed by atoms with van der Waals surface area (Å²) in [5.41, 5.74) is 1.67. The van der Waals surface area contributed by atoms with Gasteiger partial charge in [0.15, 0.2) is 0 Å². The van der Waals surface area contributed by atoms with E-state index < -0.39 is 10.0 Å². The van der Waals surface area contributed by atoms with Crippen LogP contribution in [0.5, 0.6) is 0 Å². The molecule has 1 aromatic carbocycles. The Hall–Kier alpha value is -1.17. The molecular weight excluding hydrogens is 272 g/mol. The second-order valence-electron chi connectivity index (χ2n) is 3.82. The minimum absolute atomic E-state index is 0.0766. The van der Waals surface area contributed by atoms with Crippen molar-refractivity contribution in [1.29, 1.82) is 0 Å². The van der Waals surface area contributed by atoms with E-state index in [-0.39, 0.29) is 18.2 Å². The summed E-state index contributed by atoms with van der Waals surface area (Å²) in [6.45, 7) is 0.230. The number of rotatable bonds is 5. The van der Waals surface area contributed by atoms with E-state index in [2.05, 4.69) is 9.71 Å². The van der Waals surface area contributed by atoms with Gasteiger partial charge in [-0.3, -0.25) is 4.98 Å². The van der Waals surface area contributed by atoms with Crippen LogP contribution in [0.25, 0.3) is 10.9 Å². The van der Waals surface area contributed by atoms with Crippen LogP contribution in [-0.2, 0) is 16.6 Å². The average Bonchev–Trinajstić information content (AvgIpc) is 2.36. The summed E-state index contributed by atoms with van der Waals surface area (Å²) < 4.78 is 25.6. The maximum atomic E-state index is 11.5. The van der Waals surface area contributed by atoms with Gasteiger partial charge < -0.3 is 0 Å². The Labute approximate surface area is 111 Å². The molecule has 2 rings (SSSR count). The third-order valence-electron chi connectivity index (χ3n) is 2.54. The standard InChI is InChI=1S/C12H13ClN2O2S/c13-6-8-18(16,17)15-9-11-4-1-3-10-5-2-7-14-12(10)11/h1-5,7,15H,6,8-9H2. The number of fused-ring (bicyclic) bond motifs is 1. The minimum atomic E-state index is -3.31. The van der Waals surface area contributed by atoms with E-state index in [1.807, 2.05) is 30.3 Å². The highest BCUT2D eigenvalue weighted by atomic mass is 35.5. The smallest absolute Gasteiger partial charge is 0.213 e. The number of nitrogens with zero attached hydrogens (tertiary/aromatic N) is 1. The Bertz CT molecular complexity index is 638. The van der Waals surface area contributed by atoms with E-state index in [1.165, 1.54) is 0 Å². The lowest BCUT2D eigenvalue weighted by Gasteiger charge is -2.07. The van der Waals surface area contributed by atoms with Crippen LogP contribution in [-0.4, -0.2) is 25.0 Å². The van der Waals surface area contributed by atoms with Crippen LogP contribution in [0.2, 0.25) is 0 Å². The lowest BCUT2D eigenvalue weighted by molar-refractivity contribution is 0.583. The molecule has 0 radical (unpaired) electrons. The highest BCUT2D eigenvalue weighted by molar-refractivity contribution is 7.89. The van der Waals surface area contributed by atoms with Gasteiger partial charge >= 0.3 is 0 Å². The second-order valence-corrected chi connectivity index (χ2v) is 6.13. The fourth-order valence-electron chi connectivity index (χ4n) is 1.67. The van der Waals surface area contributed by atoms with Crippen LogP contribution in [0.4, 0.5) is 0 Å². The fraction of sp³-hybridized carbons (Fsp3) is 0.250. The molecule has 0 aliphatic rings. The van der Waals surface area contributed by atoms with Gasteiger partial charge in [-0.25, -0.2) is 13.1 Å².